The number of nitrogens with one attached hydrogen (secondary N) is 1. The molecule has 0 saturated carbocycles. The highest BCUT2D eigenvalue weighted by Gasteiger charge is 2.30. The Balaban J connectivity index is 1.42. The number of anilines is 1. The molecule has 208 valence electrons. The predicted octanol–water partition coefficient (Wildman–Crippen LogP) is 6.52. The van der Waals surface area contributed by atoms with Gasteiger partial charge in [0.2, 0.25) is 0 Å². The second-order valence-corrected chi connectivity index (χ2v) is 11.6. The standard InChI is InChI=1S/C32H43FN6/c1-7-13-34-24(5)22(3)15-26-11-12-27(33)17-28(26)25(6)38-14-9-8-10-30(38)29-18-32-35-31(37-19-21(2)20-37)16-23(4)39(32)36-29/h11-12,16-18,21-22,30,34H,5-10,13-15,19-20H2,1-4H3. The molecule has 7 heteroatoms. The Labute approximate surface area is 232 Å². The minimum Gasteiger partial charge on any atom is -0.389 e. The Morgan fingerprint density at radius 3 is 2.72 bits per heavy atom. The van der Waals surface area contributed by atoms with Crippen molar-refractivity contribution in [2.75, 3.05) is 31.1 Å². The molecule has 4 heterocycles. The summed E-state index contributed by atoms with van der Waals surface area (Å²) in [5, 5.41) is 8.44. The van der Waals surface area contributed by atoms with Crippen LogP contribution in [0.25, 0.3) is 11.3 Å². The van der Waals surface area contributed by atoms with Crippen molar-refractivity contribution in [1.29, 1.82) is 0 Å². The zero-order chi connectivity index (χ0) is 27.7. The van der Waals surface area contributed by atoms with Gasteiger partial charge in [0.05, 0.1) is 11.7 Å². The fraction of sp³-hybridized carbons (Fsp3) is 0.500. The molecule has 0 spiro atoms. The maximum atomic E-state index is 14.6. The summed E-state index contributed by atoms with van der Waals surface area (Å²) in [6.07, 6.45) is 5.02. The highest BCUT2D eigenvalue weighted by molar-refractivity contribution is 5.66. The lowest BCUT2D eigenvalue weighted by Crippen LogP contribution is -2.45. The van der Waals surface area contributed by atoms with E-state index in [0.717, 1.165) is 104 Å². The summed E-state index contributed by atoms with van der Waals surface area (Å²) < 4.78 is 16.5. The van der Waals surface area contributed by atoms with E-state index in [0.29, 0.717) is 5.92 Å². The summed E-state index contributed by atoms with van der Waals surface area (Å²) in [5.74, 6) is 1.73. The van der Waals surface area contributed by atoms with Gasteiger partial charge in [0.25, 0.3) is 0 Å². The molecule has 2 fully saturated rings. The maximum absolute atomic E-state index is 14.6. The first-order valence-corrected chi connectivity index (χ1v) is 14.5. The topological polar surface area (TPSA) is 48.7 Å². The number of aromatic nitrogens is 3. The summed E-state index contributed by atoms with van der Waals surface area (Å²) in [6, 6.07) is 9.46. The molecular weight excluding hydrogens is 487 g/mol. The first-order chi connectivity index (χ1) is 18.7. The molecule has 5 rings (SSSR count). The molecule has 2 aliphatic rings. The molecule has 0 radical (unpaired) electrons. The van der Waals surface area contributed by atoms with E-state index in [4.69, 9.17) is 10.1 Å². The Kier molecular flexibility index (Phi) is 7.96. The third-order valence-corrected chi connectivity index (χ3v) is 8.30. The van der Waals surface area contributed by atoms with Gasteiger partial charge in [-0.05, 0) is 68.6 Å². The molecule has 2 saturated heterocycles. The van der Waals surface area contributed by atoms with Crippen LogP contribution in [0.3, 0.4) is 0 Å². The van der Waals surface area contributed by atoms with E-state index in [1.165, 1.54) is 0 Å². The highest BCUT2D eigenvalue weighted by atomic mass is 19.1. The van der Waals surface area contributed by atoms with Crippen molar-refractivity contribution in [2.45, 2.75) is 65.8 Å². The Morgan fingerprint density at radius 2 is 1.97 bits per heavy atom. The van der Waals surface area contributed by atoms with Crippen LogP contribution in [0.1, 0.15) is 75.0 Å². The molecule has 39 heavy (non-hydrogen) atoms. The number of nitrogens with zero attached hydrogens (tertiary/aromatic N) is 5. The number of fused-ring (bicyclic) bond motifs is 1. The first kappa shape index (κ1) is 27.2. The Hall–Kier alpha value is -3.35. The molecule has 2 aromatic heterocycles. The van der Waals surface area contributed by atoms with E-state index in [1.807, 2.05) is 10.6 Å². The summed E-state index contributed by atoms with van der Waals surface area (Å²) in [5.41, 5.74) is 6.83. The van der Waals surface area contributed by atoms with Crippen molar-refractivity contribution in [3.8, 4) is 0 Å². The van der Waals surface area contributed by atoms with Crippen molar-refractivity contribution in [3.63, 3.8) is 0 Å². The number of halogens is 1. The van der Waals surface area contributed by atoms with Gasteiger partial charge in [0, 0.05) is 61.0 Å². The Morgan fingerprint density at radius 1 is 1.18 bits per heavy atom. The van der Waals surface area contributed by atoms with Gasteiger partial charge in [-0.2, -0.15) is 5.10 Å². The summed E-state index contributed by atoms with van der Waals surface area (Å²) in [4.78, 5) is 9.62. The zero-order valence-corrected chi connectivity index (χ0v) is 24.0. The summed E-state index contributed by atoms with van der Waals surface area (Å²) in [7, 11) is 0. The number of hydrogen-bond donors (Lipinski definition) is 1. The average Bonchev–Trinajstić information content (AvgIpc) is 3.35. The second kappa shape index (κ2) is 11.4. The number of benzene rings is 1. The van der Waals surface area contributed by atoms with Gasteiger partial charge in [-0.1, -0.05) is 40.0 Å². The monoisotopic (exact) mass is 530 g/mol. The van der Waals surface area contributed by atoms with Gasteiger partial charge < -0.3 is 15.1 Å². The van der Waals surface area contributed by atoms with Crippen LogP contribution in [-0.4, -0.2) is 45.7 Å². The lowest BCUT2D eigenvalue weighted by Gasteiger charge is -2.38. The molecule has 0 bridgehead atoms. The van der Waals surface area contributed by atoms with E-state index in [-0.39, 0.29) is 17.8 Å². The number of rotatable bonds is 10. The third kappa shape index (κ3) is 5.68. The number of likely N-dealkylation sites (tertiary alicyclic amines) is 1. The lowest BCUT2D eigenvalue weighted by molar-refractivity contribution is 0.226. The van der Waals surface area contributed by atoms with Crippen molar-refractivity contribution in [3.05, 3.63) is 77.5 Å². The number of piperidine rings is 1. The maximum Gasteiger partial charge on any atom is 0.157 e. The van der Waals surface area contributed by atoms with E-state index in [9.17, 15) is 4.39 Å². The van der Waals surface area contributed by atoms with Crippen LogP contribution in [0.5, 0.6) is 0 Å². The van der Waals surface area contributed by atoms with Crippen LogP contribution < -0.4 is 10.2 Å². The smallest absolute Gasteiger partial charge is 0.157 e. The van der Waals surface area contributed by atoms with Crippen molar-refractivity contribution in [1.82, 2.24) is 24.8 Å². The lowest BCUT2D eigenvalue weighted by atomic mass is 9.91. The van der Waals surface area contributed by atoms with Gasteiger partial charge in [0.15, 0.2) is 5.65 Å². The molecule has 0 amide bonds. The van der Waals surface area contributed by atoms with Crippen molar-refractivity contribution < 1.29 is 4.39 Å². The minimum atomic E-state index is -0.237. The minimum absolute atomic E-state index is 0.0783. The number of allylic oxidation sites excluding steroid dienone is 1. The quantitative estimate of drug-likeness (QED) is 0.323. The fourth-order valence-corrected chi connectivity index (χ4v) is 5.96. The summed E-state index contributed by atoms with van der Waals surface area (Å²) in [6.45, 7) is 21.3. The van der Waals surface area contributed by atoms with Crippen LogP contribution in [0, 0.1) is 24.6 Å². The molecule has 0 aliphatic carbocycles. The zero-order valence-electron chi connectivity index (χ0n) is 24.0. The molecule has 2 unspecified atom stereocenters. The molecule has 2 aliphatic heterocycles. The summed E-state index contributed by atoms with van der Waals surface area (Å²) >= 11 is 0. The number of hydrogen-bond acceptors (Lipinski definition) is 5. The van der Waals surface area contributed by atoms with Gasteiger partial charge >= 0.3 is 0 Å². The normalized spacial score (nSPS) is 18.7. The van der Waals surface area contributed by atoms with Gasteiger partial charge in [0.1, 0.15) is 11.6 Å². The molecule has 3 aromatic rings. The van der Waals surface area contributed by atoms with Crippen LogP contribution in [-0.2, 0) is 6.42 Å². The predicted molar refractivity (Wildman–Crippen MR) is 158 cm³/mol. The fourth-order valence-electron chi connectivity index (χ4n) is 5.96. The van der Waals surface area contributed by atoms with Crippen LogP contribution >= 0.6 is 0 Å². The average molecular weight is 531 g/mol. The largest absolute Gasteiger partial charge is 0.389 e. The Bertz CT molecular complexity index is 1350. The van der Waals surface area contributed by atoms with Crippen LogP contribution in [0.4, 0.5) is 10.2 Å². The molecule has 2 atom stereocenters. The molecular formula is C32H43FN6. The van der Waals surface area contributed by atoms with Gasteiger partial charge in [-0.3, -0.25) is 0 Å². The molecule has 1 aromatic carbocycles. The van der Waals surface area contributed by atoms with E-state index >= 15 is 0 Å². The van der Waals surface area contributed by atoms with Crippen LogP contribution in [0.15, 0.2) is 49.2 Å². The number of aryl methyl sites for hydroxylation is 1. The van der Waals surface area contributed by atoms with Crippen molar-refractivity contribution >= 4 is 17.2 Å². The van der Waals surface area contributed by atoms with E-state index in [2.05, 4.69) is 68.1 Å². The molecule has 6 nitrogen and oxygen atoms in total. The van der Waals surface area contributed by atoms with Gasteiger partial charge in [-0.25, -0.2) is 13.9 Å². The van der Waals surface area contributed by atoms with E-state index < -0.39 is 0 Å². The second-order valence-electron chi connectivity index (χ2n) is 11.6. The SMILES string of the molecule is C=C(NCCC)C(C)Cc1ccc(F)cc1C(=C)N1CCCCC1c1cc2nc(N3CC(C)C3)cc(C)n2n1. The van der Waals surface area contributed by atoms with Crippen LogP contribution in [0.2, 0.25) is 0 Å². The van der Waals surface area contributed by atoms with E-state index in [1.54, 1.807) is 12.1 Å². The third-order valence-electron chi connectivity index (χ3n) is 8.30. The van der Waals surface area contributed by atoms with Gasteiger partial charge in [-0.15, -0.1) is 0 Å². The van der Waals surface area contributed by atoms with Crippen molar-refractivity contribution in [2.24, 2.45) is 11.8 Å². The first-order valence-electron chi connectivity index (χ1n) is 14.5. The molecule has 1 N–H and O–H groups in total. The highest BCUT2D eigenvalue weighted by Crippen LogP contribution is 2.38.